The molecule has 0 aliphatic carbocycles. The Morgan fingerprint density at radius 2 is 2.21 bits per heavy atom. The van der Waals surface area contributed by atoms with Gasteiger partial charge in [0.2, 0.25) is 0 Å². The second-order valence-electron chi connectivity index (χ2n) is 6.74. The van der Waals surface area contributed by atoms with Gasteiger partial charge in [0, 0.05) is 31.2 Å². The number of carbonyl (C=O) groups excluding carboxylic acids is 2. The van der Waals surface area contributed by atoms with Crippen LogP contribution in [-0.4, -0.2) is 39.8 Å². The Morgan fingerprint density at radius 3 is 2.97 bits per heavy atom. The van der Waals surface area contributed by atoms with Crippen LogP contribution in [0.25, 0.3) is 9.88 Å². The molecule has 0 spiro atoms. The Hall–Kier alpha value is -2.78. The predicted molar refractivity (Wildman–Crippen MR) is 114 cm³/mol. The van der Waals surface area contributed by atoms with E-state index in [1.54, 1.807) is 27.8 Å². The van der Waals surface area contributed by atoms with Crippen LogP contribution in [-0.2, 0) is 13.0 Å². The zero-order valence-electron chi connectivity index (χ0n) is 15.9. The zero-order chi connectivity index (χ0) is 20.4. The average molecular weight is 429 g/mol. The van der Waals surface area contributed by atoms with E-state index in [0.717, 1.165) is 27.4 Å². The van der Waals surface area contributed by atoms with Gasteiger partial charge in [-0.2, -0.15) is 0 Å². The lowest BCUT2D eigenvalue weighted by molar-refractivity contribution is 0.0729. The summed E-state index contributed by atoms with van der Waals surface area (Å²) in [4.78, 5) is 47.5. The van der Waals surface area contributed by atoms with Crippen LogP contribution in [0.4, 0.5) is 0 Å². The highest BCUT2D eigenvalue weighted by Gasteiger charge is 2.28. The molecule has 2 amide bonds. The monoisotopic (exact) mass is 428 g/mol. The largest absolute Gasteiger partial charge is 0.352 e. The molecule has 3 aromatic rings. The van der Waals surface area contributed by atoms with Gasteiger partial charge in [-0.3, -0.25) is 14.4 Å². The van der Waals surface area contributed by atoms with Crippen molar-refractivity contribution in [1.82, 2.24) is 20.2 Å². The van der Waals surface area contributed by atoms with Crippen LogP contribution in [0.1, 0.15) is 45.3 Å². The third kappa shape index (κ3) is 3.88. The molecule has 2 N–H and O–H groups in total. The smallest absolute Gasteiger partial charge is 0.273 e. The summed E-state index contributed by atoms with van der Waals surface area (Å²) < 4.78 is 0. The lowest BCUT2D eigenvalue weighted by Gasteiger charge is -2.29. The SMILES string of the molecule is CCCNC(=O)c1c2c(c[nH]c1=O)CN(C(=O)c1csc(-c3cccs3)n1)CC2. The van der Waals surface area contributed by atoms with Crippen molar-refractivity contribution < 1.29 is 9.59 Å². The number of aromatic amines is 1. The Kier molecular flexibility index (Phi) is 5.59. The molecule has 0 bridgehead atoms. The molecule has 0 atom stereocenters. The Labute approximate surface area is 175 Å². The molecule has 0 radical (unpaired) electrons. The van der Waals surface area contributed by atoms with E-state index in [9.17, 15) is 14.4 Å². The highest BCUT2D eigenvalue weighted by molar-refractivity contribution is 7.20. The van der Waals surface area contributed by atoms with Gasteiger partial charge in [-0.15, -0.1) is 22.7 Å². The molecule has 4 heterocycles. The molecular weight excluding hydrogens is 408 g/mol. The second-order valence-corrected chi connectivity index (χ2v) is 8.55. The Morgan fingerprint density at radius 1 is 1.34 bits per heavy atom. The summed E-state index contributed by atoms with van der Waals surface area (Å²) in [5.41, 5.74) is 1.71. The van der Waals surface area contributed by atoms with Crippen LogP contribution in [0.3, 0.4) is 0 Å². The minimum atomic E-state index is -0.391. The molecule has 29 heavy (non-hydrogen) atoms. The molecule has 4 rings (SSSR count). The number of pyridine rings is 1. The first kappa shape index (κ1) is 19.5. The molecule has 0 saturated heterocycles. The van der Waals surface area contributed by atoms with Crippen LogP contribution in [0.5, 0.6) is 0 Å². The van der Waals surface area contributed by atoms with Gasteiger partial charge < -0.3 is 15.2 Å². The normalized spacial score (nSPS) is 13.2. The number of amides is 2. The summed E-state index contributed by atoms with van der Waals surface area (Å²) in [5.74, 6) is -0.497. The maximum atomic E-state index is 12.9. The van der Waals surface area contributed by atoms with Gasteiger partial charge >= 0.3 is 0 Å². The quantitative estimate of drug-likeness (QED) is 0.653. The number of thiazole rings is 1. The molecule has 0 aromatic carbocycles. The van der Waals surface area contributed by atoms with E-state index >= 15 is 0 Å². The van der Waals surface area contributed by atoms with Crippen molar-refractivity contribution in [2.45, 2.75) is 26.3 Å². The summed E-state index contributed by atoms with van der Waals surface area (Å²) in [6, 6.07) is 3.94. The fraction of sp³-hybridized carbons (Fsp3) is 0.300. The van der Waals surface area contributed by atoms with Crippen molar-refractivity contribution in [3.63, 3.8) is 0 Å². The zero-order valence-corrected chi connectivity index (χ0v) is 17.5. The van der Waals surface area contributed by atoms with Gasteiger partial charge in [-0.25, -0.2) is 4.98 Å². The second kappa shape index (κ2) is 8.30. The molecule has 9 heteroatoms. The van der Waals surface area contributed by atoms with E-state index < -0.39 is 5.56 Å². The molecule has 0 saturated carbocycles. The van der Waals surface area contributed by atoms with Gasteiger partial charge in [0.05, 0.1) is 4.88 Å². The number of hydrogen-bond acceptors (Lipinski definition) is 6. The topological polar surface area (TPSA) is 95.2 Å². The summed E-state index contributed by atoms with van der Waals surface area (Å²) in [6.07, 6.45) is 2.86. The van der Waals surface area contributed by atoms with E-state index in [0.29, 0.717) is 31.7 Å². The number of fused-ring (bicyclic) bond motifs is 1. The Balaban J connectivity index is 1.55. The first-order chi connectivity index (χ1) is 14.1. The van der Waals surface area contributed by atoms with E-state index in [1.807, 2.05) is 24.4 Å². The van der Waals surface area contributed by atoms with Crippen molar-refractivity contribution >= 4 is 34.5 Å². The van der Waals surface area contributed by atoms with Gasteiger partial charge in [0.15, 0.2) is 0 Å². The molecule has 7 nitrogen and oxygen atoms in total. The van der Waals surface area contributed by atoms with Gasteiger partial charge in [0.1, 0.15) is 16.3 Å². The van der Waals surface area contributed by atoms with E-state index in [1.165, 1.54) is 11.3 Å². The molecule has 0 unspecified atom stereocenters. The van der Waals surface area contributed by atoms with Crippen LogP contribution in [0, 0.1) is 0 Å². The highest BCUT2D eigenvalue weighted by atomic mass is 32.1. The van der Waals surface area contributed by atoms with Crippen molar-refractivity contribution in [3.05, 3.63) is 61.8 Å². The number of rotatable bonds is 5. The fourth-order valence-electron chi connectivity index (χ4n) is 3.36. The summed E-state index contributed by atoms with van der Waals surface area (Å²) in [7, 11) is 0. The maximum absolute atomic E-state index is 12.9. The minimum absolute atomic E-state index is 0.141. The number of nitrogens with one attached hydrogen (secondary N) is 2. The third-order valence-electron chi connectivity index (χ3n) is 4.79. The average Bonchev–Trinajstić information content (AvgIpc) is 3.42. The summed E-state index contributed by atoms with van der Waals surface area (Å²) in [5, 5.41) is 7.36. The van der Waals surface area contributed by atoms with E-state index in [2.05, 4.69) is 15.3 Å². The molecule has 3 aromatic heterocycles. The molecule has 0 fully saturated rings. The molecule has 150 valence electrons. The van der Waals surface area contributed by atoms with Crippen LogP contribution >= 0.6 is 22.7 Å². The van der Waals surface area contributed by atoms with Crippen molar-refractivity contribution in [2.24, 2.45) is 0 Å². The molecular formula is C20H20N4O3S2. The predicted octanol–water partition coefficient (Wildman–Crippen LogP) is 2.90. The number of nitrogens with zero attached hydrogens (tertiary/aromatic N) is 2. The fourth-order valence-corrected chi connectivity index (χ4v) is 4.96. The van der Waals surface area contributed by atoms with Crippen LogP contribution in [0.2, 0.25) is 0 Å². The standard InChI is InChI=1S/C20H20N4O3S2/c1-2-6-21-17(25)16-13-5-7-24(10-12(13)9-22-18(16)26)20(27)14-11-29-19(23-14)15-4-3-8-28-15/h3-4,8-9,11H,2,5-7,10H2,1H3,(H,21,25)(H,22,26). The summed E-state index contributed by atoms with van der Waals surface area (Å²) in [6.45, 7) is 3.25. The lowest BCUT2D eigenvalue weighted by atomic mass is 9.96. The number of H-pyrrole nitrogens is 1. The summed E-state index contributed by atoms with van der Waals surface area (Å²) >= 11 is 3.04. The molecule has 1 aliphatic rings. The van der Waals surface area contributed by atoms with Crippen LogP contribution in [0.15, 0.2) is 33.9 Å². The first-order valence-electron chi connectivity index (χ1n) is 9.38. The number of hydrogen-bond donors (Lipinski definition) is 2. The molecule has 1 aliphatic heterocycles. The lowest BCUT2D eigenvalue weighted by Crippen LogP contribution is -2.39. The van der Waals surface area contributed by atoms with E-state index in [4.69, 9.17) is 0 Å². The maximum Gasteiger partial charge on any atom is 0.273 e. The van der Waals surface area contributed by atoms with Gasteiger partial charge in [0.25, 0.3) is 17.4 Å². The highest BCUT2D eigenvalue weighted by Crippen LogP contribution is 2.29. The van der Waals surface area contributed by atoms with Gasteiger partial charge in [-0.1, -0.05) is 13.0 Å². The van der Waals surface area contributed by atoms with Crippen molar-refractivity contribution in [3.8, 4) is 9.88 Å². The van der Waals surface area contributed by atoms with Gasteiger partial charge in [-0.05, 0) is 35.4 Å². The number of carbonyl (C=O) groups is 2. The Bertz CT molecular complexity index is 1100. The van der Waals surface area contributed by atoms with Crippen molar-refractivity contribution in [2.75, 3.05) is 13.1 Å². The van der Waals surface area contributed by atoms with E-state index in [-0.39, 0.29) is 17.4 Å². The van der Waals surface area contributed by atoms with Crippen LogP contribution < -0.4 is 10.9 Å². The minimum Gasteiger partial charge on any atom is -0.352 e. The first-order valence-corrected chi connectivity index (χ1v) is 11.1. The number of thiophene rings is 1. The van der Waals surface area contributed by atoms with Crippen molar-refractivity contribution in [1.29, 1.82) is 0 Å². The number of aromatic nitrogens is 2. The third-order valence-corrected chi connectivity index (χ3v) is 6.67.